The monoisotopic (exact) mass is 720 g/mol. The first-order chi connectivity index (χ1) is 22.8. The van der Waals surface area contributed by atoms with Gasteiger partial charge in [0.2, 0.25) is 6.86 Å². The number of ether oxygens (including phenoxy) is 4. The minimum Gasteiger partial charge on any atom is -0.457 e. The van der Waals surface area contributed by atoms with Crippen molar-refractivity contribution in [2.45, 2.75) is 38.1 Å². The Hall–Kier alpha value is -4.90. The van der Waals surface area contributed by atoms with Gasteiger partial charge in [-0.25, -0.2) is 35.1 Å². The number of hydrogen-bond acceptors (Lipinski definition) is 4. The van der Waals surface area contributed by atoms with E-state index in [1.54, 1.807) is 6.92 Å². The average molecular weight is 720 g/mol. The highest BCUT2D eigenvalue weighted by atomic mass is 19.3. The van der Waals surface area contributed by atoms with Gasteiger partial charge in [0.25, 0.3) is 0 Å². The van der Waals surface area contributed by atoms with Crippen LogP contribution in [0.3, 0.4) is 0 Å². The van der Waals surface area contributed by atoms with Gasteiger partial charge < -0.3 is 18.9 Å². The van der Waals surface area contributed by atoms with E-state index in [0.29, 0.717) is 24.5 Å². The zero-order chi connectivity index (χ0) is 36.5. The predicted molar refractivity (Wildman–Crippen MR) is 140 cm³/mol. The van der Waals surface area contributed by atoms with Crippen molar-refractivity contribution < 1.29 is 80.4 Å². The van der Waals surface area contributed by atoms with E-state index in [0.717, 1.165) is 12.1 Å². The van der Waals surface area contributed by atoms with Crippen LogP contribution in [0, 0.1) is 40.7 Å². The number of hydrogen-bond donors (Lipinski definition) is 0. The average Bonchev–Trinajstić information content (AvgIpc) is 2.93. The van der Waals surface area contributed by atoms with Crippen LogP contribution >= 0.6 is 0 Å². The highest BCUT2D eigenvalue weighted by molar-refractivity contribution is 5.39. The van der Waals surface area contributed by atoms with Crippen molar-refractivity contribution in [1.29, 1.82) is 0 Å². The molecule has 0 spiro atoms. The van der Waals surface area contributed by atoms with Crippen LogP contribution in [-0.4, -0.2) is 6.86 Å². The van der Waals surface area contributed by atoms with Gasteiger partial charge in [-0.15, -0.1) is 0 Å². The van der Waals surface area contributed by atoms with Crippen LogP contribution < -0.4 is 18.9 Å². The Labute approximate surface area is 266 Å². The van der Waals surface area contributed by atoms with Crippen LogP contribution in [-0.2, 0) is 24.7 Å². The first-order valence-corrected chi connectivity index (χ1v) is 13.5. The lowest BCUT2D eigenvalue weighted by molar-refractivity contribution is -0.192. The quantitative estimate of drug-likeness (QED) is 0.129. The second-order valence-corrected chi connectivity index (χ2v) is 9.91. The molecule has 0 radical (unpaired) electrons. The molecule has 0 saturated heterocycles. The van der Waals surface area contributed by atoms with E-state index in [1.165, 1.54) is 0 Å². The Kier molecular flexibility index (Phi) is 10.5. The molecule has 0 atom stereocenters. The Bertz CT molecular complexity index is 1780. The Balaban J connectivity index is 1.57. The molecule has 4 aromatic carbocycles. The van der Waals surface area contributed by atoms with E-state index in [4.69, 9.17) is 0 Å². The van der Waals surface area contributed by atoms with E-state index in [-0.39, 0.29) is 36.4 Å². The van der Waals surface area contributed by atoms with Gasteiger partial charge in [-0.2, -0.15) is 26.3 Å². The van der Waals surface area contributed by atoms with Gasteiger partial charge in [-0.1, -0.05) is 19.4 Å². The van der Waals surface area contributed by atoms with Crippen molar-refractivity contribution in [2.24, 2.45) is 0 Å². The fraction of sp³-hybridized carbons (Fsp3) is 0.226. The maximum absolute atomic E-state index is 14.8. The van der Waals surface area contributed by atoms with E-state index in [9.17, 15) is 61.5 Å². The number of rotatable bonds is 13. The van der Waals surface area contributed by atoms with E-state index in [2.05, 4.69) is 18.9 Å². The number of halogens is 14. The Morgan fingerprint density at radius 1 is 0.510 bits per heavy atom. The summed E-state index contributed by atoms with van der Waals surface area (Å²) in [6.07, 6.45) is -14.0. The zero-order valence-electron chi connectivity index (χ0n) is 24.2. The maximum Gasteiger partial charge on any atom is 0.432 e. The predicted octanol–water partition coefficient (Wildman–Crippen LogP) is 10.3. The van der Waals surface area contributed by atoms with Crippen LogP contribution in [0.25, 0.3) is 0 Å². The molecule has 0 amide bonds. The first kappa shape index (κ1) is 36.9. The van der Waals surface area contributed by atoms with E-state index >= 15 is 0 Å². The molecule has 0 fully saturated rings. The molecule has 0 aliphatic carbocycles. The highest BCUT2D eigenvalue weighted by Crippen LogP contribution is 2.42. The molecule has 49 heavy (non-hydrogen) atoms. The summed E-state index contributed by atoms with van der Waals surface area (Å²) < 4.78 is 217. The lowest BCUT2D eigenvalue weighted by atomic mass is 10.1. The second kappa shape index (κ2) is 13.9. The van der Waals surface area contributed by atoms with Gasteiger partial charge in [0, 0.05) is 36.4 Å². The molecule has 0 N–H and O–H groups in total. The highest BCUT2D eigenvalue weighted by Gasteiger charge is 2.45. The smallest absolute Gasteiger partial charge is 0.432 e. The normalized spacial score (nSPS) is 12.2. The van der Waals surface area contributed by atoms with Crippen molar-refractivity contribution in [3.8, 4) is 23.0 Å². The lowest BCUT2D eigenvalue weighted by Crippen LogP contribution is -2.28. The molecule has 0 saturated carbocycles. The fourth-order valence-electron chi connectivity index (χ4n) is 4.40. The molecule has 4 rings (SSSR count). The van der Waals surface area contributed by atoms with Gasteiger partial charge in [-0.05, 0) is 24.1 Å². The summed E-state index contributed by atoms with van der Waals surface area (Å²) in [7, 11) is 0. The molecule has 0 bridgehead atoms. The van der Waals surface area contributed by atoms with Crippen LogP contribution in [0.2, 0.25) is 0 Å². The summed E-state index contributed by atoms with van der Waals surface area (Å²) in [4.78, 5) is 0. The van der Waals surface area contributed by atoms with Gasteiger partial charge in [0.05, 0.1) is 5.56 Å². The number of benzene rings is 4. The van der Waals surface area contributed by atoms with Gasteiger partial charge in [-0.3, -0.25) is 0 Å². The molecule has 0 aromatic heterocycles. The topological polar surface area (TPSA) is 36.9 Å². The largest absolute Gasteiger partial charge is 0.457 e. The number of aryl methyl sites for hydroxylation is 1. The van der Waals surface area contributed by atoms with E-state index < -0.39 is 106 Å². The van der Waals surface area contributed by atoms with Crippen LogP contribution in [0.15, 0.2) is 54.6 Å². The Morgan fingerprint density at radius 2 is 0.898 bits per heavy atom. The summed E-state index contributed by atoms with van der Waals surface area (Å²) in [6.45, 7) is 0.0198. The van der Waals surface area contributed by atoms with E-state index in [1.807, 2.05) is 0 Å². The lowest BCUT2D eigenvalue weighted by Gasteiger charge is -2.23. The van der Waals surface area contributed by atoms with Crippen LogP contribution in [0.4, 0.5) is 61.5 Å². The second-order valence-electron chi connectivity index (χ2n) is 9.91. The molecular weight excluding hydrogens is 702 g/mol. The van der Waals surface area contributed by atoms with Gasteiger partial charge in [0.15, 0.2) is 17.4 Å². The minimum absolute atomic E-state index is 0.0410. The molecule has 4 aromatic rings. The molecule has 0 aliphatic heterocycles. The summed E-state index contributed by atoms with van der Waals surface area (Å²) in [5.74, 6) is -20.0. The third-order valence-electron chi connectivity index (χ3n) is 6.41. The molecule has 0 heterocycles. The van der Waals surface area contributed by atoms with Gasteiger partial charge in [0.1, 0.15) is 57.5 Å². The standard InChI is InChI=1S/C31H18F14O4/c1-2-3-14-4-5-18(19(33)6-14)29(40,41)47-15-7-20(34)26(21(35)8-15)30(42,43)48-16-9-22(36)27(23(37)10-16)31(44,45)49-17-11-24(38)28(46-13-32)25(39)12-17/h4-12H,2-3,13H2,1H3. The third-order valence-corrected chi connectivity index (χ3v) is 6.41. The summed E-state index contributed by atoms with van der Waals surface area (Å²) >= 11 is 0. The SMILES string of the molecule is CCCc1ccc(C(F)(F)Oc2cc(F)c(C(F)(F)Oc3cc(F)c(C(F)(F)Oc4cc(F)c(OCF)c(F)c4)c(F)c3)c(F)c2)c(F)c1. The van der Waals surface area contributed by atoms with Gasteiger partial charge >= 0.3 is 18.3 Å². The zero-order valence-corrected chi connectivity index (χ0v) is 24.2. The fourth-order valence-corrected chi connectivity index (χ4v) is 4.40. The maximum atomic E-state index is 14.8. The first-order valence-electron chi connectivity index (χ1n) is 13.5. The molecule has 264 valence electrons. The molecule has 4 nitrogen and oxygen atoms in total. The Morgan fingerprint density at radius 3 is 1.27 bits per heavy atom. The van der Waals surface area contributed by atoms with Crippen molar-refractivity contribution in [3.05, 3.63) is 118 Å². The summed E-state index contributed by atoms with van der Waals surface area (Å²) in [5.41, 5.74) is -5.61. The van der Waals surface area contributed by atoms with Crippen LogP contribution in [0.5, 0.6) is 23.0 Å². The summed E-state index contributed by atoms with van der Waals surface area (Å²) in [6, 6.07) is 1.75. The number of alkyl halides is 7. The molecule has 18 heteroatoms. The van der Waals surface area contributed by atoms with Crippen molar-refractivity contribution in [3.63, 3.8) is 0 Å². The minimum atomic E-state index is -5.20. The van der Waals surface area contributed by atoms with Crippen molar-refractivity contribution >= 4 is 0 Å². The molecule has 0 aliphatic rings. The molecular formula is C31H18F14O4. The van der Waals surface area contributed by atoms with Crippen molar-refractivity contribution in [2.75, 3.05) is 6.86 Å². The van der Waals surface area contributed by atoms with Crippen LogP contribution in [0.1, 0.15) is 35.6 Å². The summed E-state index contributed by atoms with van der Waals surface area (Å²) in [5, 5.41) is 0. The third kappa shape index (κ3) is 8.05. The molecule has 0 unspecified atom stereocenters. The van der Waals surface area contributed by atoms with Crippen molar-refractivity contribution in [1.82, 2.24) is 0 Å².